The Balaban J connectivity index is 0. The van der Waals surface area contributed by atoms with Crippen molar-refractivity contribution in [2.24, 2.45) is 4.99 Å². The molecule has 2 heteroatoms. The van der Waals surface area contributed by atoms with Crippen LogP contribution >= 0.6 is 0 Å². The van der Waals surface area contributed by atoms with Crippen molar-refractivity contribution in [1.82, 2.24) is 0 Å². The van der Waals surface area contributed by atoms with Crippen LogP contribution in [-0.2, 0) is 18.6 Å². The number of aliphatic imine (C=N–C) groups is 1. The summed E-state index contributed by atoms with van der Waals surface area (Å²) in [4.78, 5) is 3.24. The van der Waals surface area contributed by atoms with Crippen LogP contribution in [0.5, 0.6) is 0 Å². The molecule has 0 unspecified atom stereocenters. The van der Waals surface area contributed by atoms with Crippen LogP contribution < -0.4 is 0 Å². The Kier molecular flexibility index (Phi) is 15.9. The van der Waals surface area contributed by atoms with Gasteiger partial charge in [-0.15, -0.1) is 0 Å². The second kappa shape index (κ2) is 8.87. The number of hydrogen-bond donors (Lipinski definition) is 0. The van der Waals surface area contributed by atoms with E-state index in [0.717, 1.165) is 6.54 Å². The molecule has 29 valence electrons. The third kappa shape index (κ3) is 13.7. The van der Waals surface area contributed by atoms with Crippen LogP contribution in [0.15, 0.2) is 4.99 Å². The molecule has 0 saturated carbocycles. The van der Waals surface area contributed by atoms with Gasteiger partial charge >= 0.3 is 0 Å². The van der Waals surface area contributed by atoms with E-state index in [4.69, 9.17) is 0 Å². The third-order valence-electron chi connectivity index (χ3n) is 0.183. The van der Waals surface area contributed by atoms with Crippen molar-refractivity contribution >= 4 is 6.72 Å². The van der Waals surface area contributed by atoms with Gasteiger partial charge in [-0.2, -0.15) is 0 Å². The number of hydrogen-bond acceptors (Lipinski definition) is 1. The van der Waals surface area contributed by atoms with Crippen LogP contribution in [0.3, 0.4) is 0 Å². The molecule has 0 aliphatic carbocycles. The normalized spacial score (nSPS) is 5.00. The van der Waals surface area contributed by atoms with E-state index in [1.54, 1.807) is 0 Å². The van der Waals surface area contributed by atoms with Gasteiger partial charge in [0.25, 0.3) is 0 Å². The predicted molar refractivity (Wildman–Crippen MR) is 19.0 cm³/mol. The first-order valence-corrected chi connectivity index (χ1v) is 1.28. The number of nitrogens with zero attached hydrogens (tertiary/aromatic N) is 1. The van der Waals surface area contributed by atoms with Gasteiger partial charge in [0.2, 0.25) is 0 Å². The smallest absolute Gasteiger partial charge is 0 e. The fourth-order valence-electron chi connectivity index (χ4n) is 0. The van der Waals surface area contributed by atoms with E-state index in [0.29, 0.717) is 0 Å². The van der Waals surface area contributed by atoms with Gasteiger partial charge in [0.05, 0.1) is 0 Å². The van der Waals surface area contributed by atoms with Crippen molar-refractivity contribution in [3.05, 3.63) is 0 Å². The monoisotopic (exact) mass is 107 g/mol. The maximum Gasteiger partial charge on any atom is 0 e. The first-order valence-electron chi connectivity index (χ1n) is 1.28. The van der Waals surface area contributed by atoms with Crippen molar-refractivity contribution in [1.29, 1.82) is 0 Å². The molecule has 0 fully saturated rings. The van der Waals surface area contributed by atoms with Crippen molar-refractivity contribution < 1.29 is 18.6 Å². The van der Waals surface area contributed by atoms with Crippen molar-refractivity contribution in [2.75, 3.05) is 6.54 Å². The van der Waals surface area contributed by atoms with E-state index >= 15 is 0 Å². The molecule has 0 bridgehead atoms. The van der Waals surface area contributed by atoms with Crippen LogP contribution in [0.4, 0.5) is 0 Å². The van der Waals surface area contributed by atoms with Crippen molar-refractivity contribution in [2.45, 2.75) is 6.92 Å². The Labute approximate surface area is 44.4 Å². The largest absolute Gasteiger partial charge is 0.506 e. The Morgan fingerprint density at radius 3 is 2.00 bits per heavy atom. The fraction of sp³-hybridized carbons (Fsp3) is 0.667. The zero-order chi connectivity index (χ0) is 3.41. The Morgan fingerprint density at radius 2 is 2.00 bits per heavy atom. The summed E-state index contributed by atoms with van der Waals surface area (Å²) in [6.07, 6.45) is 0. The fourth-order valence-corrected chi connectivity index (χ4v) is 0. The van der Waals surface area contributed by atoms with Gasteiger partial charge in [-0.05, 0) is 13.5 Å². The van der Waals surface area contributed by atoms with E-state index in [2.05, 4.69) is 11.7 Å². The molecule has 0 aromatic carbocycles. The van der Waals surface area contributed by atoms with Crippen LogP contribution in [0, 0.1) is 0 Å². The standard InChI is InChI=1S/C3H6N.V/c1-3-4-2;/h2H,3H2,1H3;/q-1;. The topological polar surface area (TPSA) is 12.4 Å². The van der Waals surface area contributed by atoms with Crippen LogP contribution in [0.1, 0.15) is 6.92 Å². The first kappa shape index (κ1) is 8.98. The van der Waals surface area contributed by atoms with Gasteiger partial charge in [-0.1, -0.05) is 0 Å². The molecule has 0 aliphatic heterocycles. The minimum atomic E-state index is 0. The van der Waals surface area contributed by atoms with E-state index < -0.39 is 0 Å². The molecule has 0 rings (SSSR count). The maximum atomic E-state index is 4.65. The summed E-state index contributed by atoms with van der Waals surface area (Å²) >= 11 is 0. The van der Waals surface area contributed by atoms with Gasteiger partial charge in [0.15, 0.2) is 0 Å². The molecule has 0 aliphatic rings. The van der Waals surface area contributed by atoms with Gasteiger partial charge in [-0.25, -0.2) is 0 Å². The molecule has 1 nitrogen and oxygen atoms in total. The summed E-state index contributed by atoms with van der Waals surface area (Å²) < 4.78 is 0. The SMILES string of the molecule is [CH-]=NCC.[V]. The van der Waals surface area contributed by atoms with E-state index in [1.165, 1.54) is 0 Å². The molecular formula is C3H6NV-. The Hall–Kier alpha value is 0.254. The Bertz CT molecular complexity index is 20.9. The summed E-state index contributed by atoms with van der Waals surface area (Å²) in [5.74, 6) is 0. The van der Waals surface area contributed by atoms with E-state index in [1.807, 2.05) is 6.92 Å². The van der Waals surface area contributed by atoms with Crippen LogP contribution in [0.2, 0.25) is 0 Å². The molecule has 0 atom stereocenters. The first-order chi connectivity index (χ1) is 1.91. The van der Waals surface area contributed by atoms with Crippen molar-refractivity contribution in [3.63, 3.8) is 0 Å². The minimum absolute atomic E-state index is 0. The average Bonchev–Trinajstić information content (AvgIpc) is 1.37. The van der Waals surface area contributed by atoms with Gasteiger partial charge in [0, 0.05) is 18.6 Å². The molecule has 0 spiro atoms. The molecule has 0 saturated heterocycles. The third-order valence-corrected chi connectivity index (χ3v) is 0.183. The molecule has 0 aromatic rings. The number of rotatable bonds is 1. The zero-order valence-electron chi connectivity index (χ0n) is 3.18. The summed E-state index contributed by atoms with van der Waals surface area (Å²) in [6.45, 7) is 7.26. The van der Waals surface area contributed by atoms with Gasteiger partial charge < -0.3 is 11.7 Å². The molecule has 0 amide bonds. The van der Waals surface area contributed by atoms with Crippen molar-refractivity contribution in [3.8, 4) is 0 Å². The predicted octanol–water partition coefficient (Wildman–Crippen LogP) is 0.581. The summed E-state index contributed by atoms with van der Waals surface area (Å²) in [7, 11) is 0. The quantitative estimate of drug-likeness (QED) is 0.343. The minimum Gasteiger partial charge on any atom is -0.506 e. The molecule has 0 heterocycles. The van der Waals surface area contributed by atoms with E-state index in [9.17, 15) is 0 Å². The summed E-state index contributed by atoms with van der Waals surface area (Å²) in [6, 6.07) is 0. The molecule has 1 radical (unpaired) electrons. The molecule has 0 N–H and O–H groups in total. The molecule has 5 heavy (non-hydrogen) atoms. The summed E-state index contributed by atoms with van der Waals surface area (Å²) in [5, 5.41) is 0. The van der Waals surface area contributed by atoms with E-state index in [-0.39, 0.29) is 18.6 Å². The Morgan fingerprint density at radius 1 is 1.80 bits per heavy atom. The van der Waals surface area contributed by atoms with Gasteiger partial charge in [0.1, 0.15) is 0 Å². The zero-order valence-corrected chi connectivity index (χ0v) is 4.58. The maximum absolute atomic E-state index is 4.65. The second-order valence-electron chi connectivity index (χ2n) is 0.499. The van der Waals surface area contributed by atoms with Gasteiger partial charge in [-0.3, -0.25) is 0 Å². The average molecular weight is 107 g/mol. The van der Waals surface area contributed by atoms with Crippen LogP contribution in [-0.4, -0.2) is 13.3 Å². The molecule has 0 aromatic heterocycles. The summed E-state index contributed by atoms with van der Waals surface area (Å²) in [5.41, 5.74) is 0. The van der Waals surface area contributed by atoms with Crippen LogP contribution in [0.25, 0.3) is 0 Å². The second-order valence-corrected chi connectivity index (χ2v) is 0.499. The molecular weight excluding hydrogens is 101 g/mol.